The lowest BCUT2D eigenvalue weighted by molar-refractivity contribution is 0.0174. The Labute approximate surface area is 198 Å². The maximum absolute atomic E-state index is 13.7. The topological polar surface area (TPSA) is 103 Å². The monoisotopic (exact) mass is 496 g/mol. The maximum Gasteiger partial charge on any atom is 0.320 e. The van der Waals surface area contributed by atoms with Crippen LogP contribution in [0, 0.1) is 0 Å². The van der Waals surface area contributed by atoms with Crippen LogP contribution in [0.4, 0.5) is 13.6 Å². The molecule has 11 heteroatoms. The largest absolute Gasteiger partial charge is 0.339 e. The fraction of sp³-hybridized carbons (Fsp3) is 0.609. The highest BCUT2D eigenvalue weighted by molar-refractivity contribution is 8.24. The number of piperidine rings is 1. The lowest BCUT2D eigenvalue weighted by atomic mass is 9.84. The van der Waals surface area contributed by atoms with Gasteiger partial charge in [0, 0.05) is 50.5 Å². The number of carbonyl (C=O) groups excluding carboxylic acids is 1. The Morgan fingerprint density at radius 1 is 1.06 bits per heavy atom. The molecule has 2 unspecified atom stereocenters. The van der Waals surface area contributed by atoms with Gasteiger partial charge in [-0.25, -0.2) is 13.6 Å². The van der Waals surface area contributed by atoms with Crippen LogP contribution in [0.1, 0.15) is 66.8 Å². The van der Waals surface area contributed by atoms with Gasteiger partial charge in [-0.1, -0.05) is 29.4 Å². The number of likely N-dealkylation sites (tertiary alicyclic amines) is 1. The van der Waals surface area contributed by atoms with Crippen LogP contribution in [0.25, 0.3) is 0 Å². The van der Waals surface area contributed by atoms with E-state index in [1.54, 1.807) is 21.9 Å². The average Bonchev–Trinajstić information content (AvgIpc) is 3.54. The molecule has 8 nitrogen and oxygen atoms in total. The first-order chi connectivity index (χ1) is 16.1. The first-order valence-electron chi connectivity index (χ1n) is 11.7. The maximum atomic E-state index is 13.7. The smallest absolute Gasteiger partial charge is 0.320 e. The highest BCUT2D eigenvalue weighted by Gasteiger charge is 2.38. The lowest BCUT2D eigenvalue weighted by Gasteiger charge is -2.44. The third-order valence-electron chi connectivity index (χ3n) is 7.01. The van der Waals surface area contributed by atoms with Gasteiger partial charge >= 0.3 is 6.03 Å². The van der Waals surface area contributed by atoms with Crippen LogP contribution in [-0.2, 0) is 5.92 Å². The molecular formula is C23H30F2N4O4S. The van der Waals surface area contributed by atoms with Crippen molar-refractivity contribution in [2.45, 2.75) is 49.9 Å². The van der Waals surface area contributed by atoms with Crippen molar-refractivity contribution in [2.24, 2.45) is 0 Å². The Kier molecular flexibility index (Phi) is 6.06. The third kappa shape index (κ3) is 5.06. The van der Waals surface area contributed by atoms with Gasteiger partial charge in [0.1, 0.15) is 0 Å². The van der Waals surface area contributed by atoms with Crippen LogP contribution in [0.5, 0.6) is 0 Å². The number of hydrogen-bond donors (Lipinski definition) is 2. The molecule has 0 bridgehead atoms. The van der Waals surface area contributed by atoms with Crippen LogP contribution in [0.3, 0.4) is 0 Å². The van der Waals surface area contributed by atoms with E-state index in [0.29, 0.717) is 50.2 Å². The summed E-state index contributed by atoms with van der Waals surface area (Å²) in [7, 11) is -2.61. The molecule has 34 heavy (non-hydrogen) atoms. The molecule has 2 atom stereocenters. The predicted octanol–water partition coefficient (Wildman–Crippen LogP) is 4.82. The van der Waals surface area contributed by atoms with Gasteiger partial charge in [0.05, 0.1) is 17.4 Å². The van der Waals surface area contributed by atoms with Gasteiger partial charge < -0.3 is 14.3 Å². The summed E-state index contributed by atoms with van der Waals surface area (Å²) >= 11 is 0. The summed E-state index contributed by atoms with van der Waals surface area (Å²) in [5.74, 6) is -1.22. The van der Waals surface area contributed by atoms with Crippen molar-refractivity contribution in [3.8, 4) is 0 Å². The predicted molar refractivity (Wildman–Crippen MR) is 124 cm³/mol. The van der Waals surface area contributed by atoms with Crippen molar-refractivity contribution in [1.82, 2.24) is 19.9 Å². The second-order valence-corrected chi connectivity index (χ2v) is 12.2. The molecular weight excluding hydrogens is 466 g/mol. The van der Waals surface area contributed by atoms with Crippen molar-refractivity contribution in [3.63, 3.8) is 0 Å². The molecule has 2 aromatic rings. The minimum Gasteiger partial charge on any atom is -0.339 e. The Bertz CT molecular complexity index is 1030. The van der Waals surface area contributed by atoms with Crippen LogP contribution < -0.4 is 0 Å². The molecule has 2 aliphatic heterocycles. The number of urea groups is 1. The number of halogens is 2. The molecule has 2 amide bonds. The van der Waals surface area contributed by atoms with E-state index in [1.165, 1.54) is 12.1 Å². The van der Waals surface area contributed by atoms with Crippen LogP contribution in [-0.4, -0.2) is 72.8 Å². The second-order valence-electron chi connectivity index (χ2n) is 9.79. The molecule has 1 aromatic carbocycles. The molecule has 0 radical (unpaired) electrons. The first-order valence-corrected chi connectivity index (χ1v) is 13.6. The minimum atomic E-state index is -2.91. The van der Waals surface area contributed by atoms with Gasteiger partial charge in [-0.15, -0.1) is 0 Å². The Morgan fingerprint density at radius 3 is 2.32 bits per heavy atom. The van der Waals surface area contributed by atoms with Crippen molar-refractivity contribution < 1.29 is 27.2 Å². The van der Waals surface area contributed by atoms with E-state index in [0.717, 1.165) is 25.3 Å². The van der Waals surface area contributed by atoms with Gasteiger partial charge in [-0.05, 0) is 24.8 Å². The number of benzene rings is 1. The van der Waals surface area contributed by atoms with E-state index in [1.807, 2.05) is 0 Å². The first kappa shape index (κ1) is 23.5. The summed E-state index contributed by atoms with van der Waals surface area (Å²) in [6, 6.07) is 6.14. The summed E-state index contributed by atoms with van der Waals surface area (Å²) in [4.78, 5) is 21.4. The van der Waals surface area contributed by atoms with Gasteiger partial charge in [0.2, 0.25) is 5.89 Å². The molecule has 1 saturated carbocycles. The Hall–Kier alpha value is -2.24. The van der Waals surface area contributed by atoms with Crippen LogP contribution >= 0.6 is 10.6 Å². The van der Waals surface area contributed by atoms with E-state index in [4.69, 9.17) is 4.52 Å². The van der Waals surface area contributed by atoms with Gasteiger partial charge in [-0.3, -0.25) is 9.11 Å². The zero-order valence-electron chi connectivity index (χ0n) is 19.1. The number of nitrogens with zero attached hydrogens (tertiary/aromatic N) is 4. The molecule has 1 aliphatic carbocycles. The molecule has 1 aromatic heterocycles. The summed E-state index contributed by atoms with van der Waals surface area (Å²) in [5.41, 5.74) is 0.833. The van der Waals surface area contributed by atoms with Crippen molar-refractivity contribution in [1.29, 1.82) is 0 Å². The normalized spacial score (nSPS) is 26.4. The fourth-order valence-corrected chi connectivity index (χ4v) is 5.99. The highest BCUT2D eigenvalue weighted by Crippen LogP contribution is 2.42. The molecule has 2 saturated heterocycles. The Balaban J connectivity index is 1.37. The van der Waals surface area contributed by atoms with E-state index in [-0.39, 0.29) is 34.9 Å². The zero-order valence-corrected chi connectivity index (χ0v) is 19.9. The third-order valence-corrected chi connectivity index (χ3v) is 8.68. The van der Waals surface area contributed by atoms with Crippen molar-refractivity contribution in [3.05, 3.63) is 47.1 Å². The molecule has 3 heterocycles. The molecule has 3 fully saturated rings. The standard InChI is InChI=1S/C23H30F2N4O4S/c1-23(24,25)19-6-4-15(5-7-19)17-12-18(21-26-20(27-33-21)16-2-3-16)14-29(13-17)22(30)28-8-10-34(31,32)11-9-28/h4-7,16-18,31-32H,2-3,8-14H2,1H3. The van der Waals surface area contributed by atoms with E-state index >= 15 is 0 Å². The summed E-state index contributed by atoms with van der Waals surface area (Å²) < 4.78 is 52.8. The highest BCUT2D eigenvalue weighted by atomic mass is 32.3. The molecule has 3 aliphatic rings. The van der Waals surface area contributed by atoms with E-state index in [9.17, 15) is 22.7 Å². The average molecular weight is 497 g/mol. The SMILES string of the molecule is CC(F)(F)c1ccc(C2CC(c3nc(C4CC4)no3)CN(C(=O)N3CCS(O)(O)CC3)C2)cc1. The summed E-state index contributed by atoms with van der Waals surface area (Å²) in [6.07, 6.45) is 2.78. The second kappa shape index (κ2) is 8.76. The fourth-order valence-electron chi connectivity index (χ4n) is 4.76. The van der Waals surface area contributed by atoms with Crippen LogP contribution in [0.15, 0.2) is 28.8 Å². The quantitative estimate of drug-likeness (QED) is 0.629. The number of amides is 2. The Morgan fingerprint density at radius 2 is 1.71 bits per heavy atom. The molecule has 5 rings (SSSR count). The lowest BCUT2D eigenvalue weighted by Crippen LogP contribution is -2.52. The van der Waals surface area contributed by atoms with Gasteiger partial charge in [-0.2, -0.15) is 15.6 Å². The minimum absolute atomic E-state index is 0.0465. The zero-order chi connectivity index (χ0) is 24.1. The number of hydrogen-bond acceptors (Lipinski definition) is 6. The number of aromatic nitrogens is 2. The molecule has 186 valence electrons. The molecule has 0 spiro atoms. The summed E-state index contributed by atoms with van der Waals surface area (Å²) in [5, 5.41) is 4.13. The summed E-state index contributed by atoms with van der Waals surface area (Å²) in [6.45, 7) is 2.31. The van der Waals surface area contributed by atoms with Crippen molar-refractivity contribution >= 4 is 16.6 Å². The van der Waals surface area contributed by atoms with Crippen LogP contribution in [0.2, 0.25) is 0 Å². The van der Waals surface area contributed by atoms with E-state index < -0.39 is 16.5 Å². The van der Waals surface area contributed by atoms with E-state index in [2.05, 4.69) is 10.1 Å². The van der Waals surface area contributed by atoms with Crippen molar-refractivity contribution in [2.75, 3.05) is 37.7 Å². The number of rotatable bonds is 4. The number of alkyl halides is 2. The van der Waals surface area contributed by atoms with Gasteiger partial charge in [0.15, 0.2) is 5.82 Å². The van der Waals surface area contributed by atoms with Gasteiger partial charge in [0.25, 0.3) is 5.92 Å². The number of carbonyl (C=O) groups is 1. The molecule has 2 N–H and O–H groups in total.